The maximum atomic E-state index is 11.9. The molecule has 1 aliphatic rings. The fourth-order valence-electron chi connectivity index (χ4n) is 2.22. The highest BCUT2D eigenvalue weighted by Gasteiger charge is 2.22. The second-order valence-electron chi connectivity index (χ2n) is 4.75. The first-order valence-electron chi connectivity index (χ1n) is 7.45. The Labute approximate surface area is 116 Å². The topological polar surface area (TPSA) is 50.8 Å². The van der Waals surface area contributed by atoms with Gasteiger partial charge in [-0.3, -0.25) is 4.79 Å². The van der Waals surface area contributed by atoms with Crippen molar-refractivity contribution in [3.05, 3.63) is 0 Å². The lowest BCUT2D eigenvalue weighted by Crippen LogP contribution is -2.42. The summed E-state index contributed by atoms with van der Waals surface area (Å²) in [5, 5.41) is 3.18. The van der Waals surface area contributed by atoms with E-state index in [-0.39, 0.29) is 5.91 Å². The Morgan fingerprint density at radius 3 is 2.63 bits per heavy atom. The molecule has 0 radical (unpaired) electrons. The molecular formula is C14H28N2O3. The van der Waals surface area contributed by atoms with Gasteiger partial charge in [0.15, 0.2) is 0 Å². The third kappa shape index (κ3) is 6.89. The van der Waals surface area contributed by atoms with Crippen molar-refractivity contribution in [2.24, 2.45) is 0 Å². The lowest BCUT2D eigenvalue weighted by molar-refractivity contribution is -0.133. The number of nitrogens with zero attached hydrogens (tertiary/aromatic N) is 1. The van der Waals surface area contributed by atoms with E-state index in [1.165, 1.54) is 0 Å². The summed E-state index contributed by atoms with van der Waals surface area (Å²) in [5.41, 5.74) is 0. The highest BCUT2D eigenvalue weighted by Crippen LogP contribution is 2.14. The van der Waals surface area contributed by atoms with Gasteiger partial charge in [-0.05, 0) is 26.3 Å². The second kappa shape index (κ2) is 10.2. The van der Waals surface area contributed by atoms with Crippen LogP contribution in [-0.2, 0) is 14.3 Å². The van der Waals surface area contributed by atoms with E-state index >= 15 is 0 Å². The molecule has 0 bridgehead atoms. The first-order chi connectivity index (χ1) is 9.27. The van der Waals surface area contributed by atoms with E-state index in [4.69, 9.17) is 9.47 Å². The van der Waals surface area contributed by atoms with Gasteiger partial charge in [0.25, 0.3) is 0 Å². The molecule has 1 amide bonds. The molecule has 1 heterocycles. The monoisotopic (exact) mass is 272 g/mol. The number of amides is 1. The molecule has 19 heavy (non-hydrogen) atoms. The van der Waals surface area contributed by atoms with Crippen molar-refractivity contribution in [3.63, 3.8) is 0 Å². The SMILES string of the molecule is CCNCCC(=O)N1CCC(OCCOCC)CC1. The molecule has 1 N–H and O–H groups in total. The van der Waals surface area contributed by atoms with Crippen molar-refractivity contribution in [3.8, 4) is 0 Å². The number of likely N-dealkylation sites (tertiary alicyclic amines) is 1. The zero-order chi connectivity index (χ0) is 13.9. The molecule has 1 rings (SSSR count). The van der Waals surface area contributed by atoms with Gasteiger partial charge in [-0.1, -0.05) is 6.92 Å². The average Bonchev–Trinajstić information content (AvgIpc) is 2.44. The highest BCUT2D eigenvalue weighted by molar-refractivity contribution is 5.76. The van der Waals surface area contributed by atoms with Crippen molar-refractivity contribution < 1.29 is 14.3 Å². The Balaban J connectivity index is 2.09. The van der Waals surface area contributed by atoms with Crippen LogP contribution in [0.1, 0.15) is 33.1 Å². The van der Waals surface area contributed by atoms with Crippen LogP contribution in [0.25, 0.3) is 0 Å². The summed E-state index contributed by atoms with van der Waals surface area (Å²) >= 11 is 0. The van der Waals surface area contributed by atoms with Crippen molar-refractivity contribution in [1.29, 1.82) is 0 Å². The Hall–Kier alpha value is -0.650. The third-order valence-corrected chi connectivity index (χ3v) is 3.35. The normalized spacial score (nSPS) is 16.8. The van der Waals surface area contributed by atoms with E-state index in [1.807, 2.05) is 11.8 Å². The van der Waals surface area contributed by atoms with E-state index < -0.39 is 0 Å². The van der Waals surface area contributed by atoms with Crippen LogP contribution in [-0.4, -0.2) is 62.9 Å². The van der Waals surface area contributed by atoms with Gasteiger partial charge in [-0.15, -0.1) is 0 Å². The van der Waals surface area contributed by atoms with Crippen LogP contribution in [0.4, 0.5) is 0 Å². The summed E-state index contributed by atoms with van der Waals surface area (Å²) in [7, 11) is 0. The van der Waals surface area contributed by atoms with Crippen molar-refractivity contribution >= 4 is 5.91 Å². The molecule has 5 nitrogen and oxygen atoms in total. The zero-order valence-corrected chi connectivity index (χ0v) is 12.3. The molecule has 0 unspecified atom stereocenters. The van der Waals surface area contributed by atoms with Gasteiger partial charge in [-0.2, -0.15) is 0 Å². The number of piperidine rings is 1. The first kappa shape index (κ1) is 16.4. The lowest BCUT2D eigenvalue weighted by Gasteiger charge is -2.32. The average molecular weight is 272 g/mol. The maximum absolute atomic E-state index is 11.9. The molecule has 0 aromatic rings. The number of carbonyl (C=O) groups excluding carboxylic acids is 1. The van der Waals surface area contributed by atoms with Crippen LogP contribution < -0.4 is 5.32 Å². The molecule has 1 fully saturated rings. The minimum atomic E-state index is 0.258. The first-order valence-corrected chi connectivity index (χ1v) is 7.45. The standard InChI is InChI=1S/C14H28N2O3/c1-3-15-8-5-14(17)16-9-6-13(7-10-16)19-12-11-18-4-2/h13,15H,3-12H2,1-2H3. The summed E-state index contributed by atoms with van der Waals surface area (Å²) in [6.45, 7) is 9.44. The van der Waals surface area contributed by atoms with E-state index in [0.717, 1.165) is 45.6 Å². The minimum absolute atomic E-state index is 0.258. The Morgan fingerprint density at radius 1 is 1.26 bits per heavy atom. The zero-order valence-electron chi connectivity index (χ0n) is 12.3. The summed E-state index contributed by atoms with van der Waals surface area (Å²) in [6, 6.07) is 0. The van der Waals surface area contributed by atoms with Crippen LogP contribution in [0.2, 0.25) is 0 Å². The molecule has 5 heteroatoms. The van der Waals surface area contributed by atoms with E-state index in [2.05, 4.69) is 12.2 Å². The summed E-state index contributed by atoms with van der Waals surface area (Å²) in [5.74, 6) is 0.258. The molecule has 1 aliphatic heterocycles. The quantitative estimate of drug-likeness (QED) is 0.637. The van der Waals surface area contributed by atoms with Crippen molar-refractivity contribution in [2.75, 3.05) is 46.0 Å². The van der Waals surface area contributed by atoms with Crippen LogP contribution in [0.5, 0.6) is 0 Å². The molecule has 112 valence electrons. The summed E-state index contributed by atoms with van der Waals surface area (Å²) < 4.78 is 11.0. The van der Waals surface area contributed by atoms with Crippen LogP contribution in [0.3, 0.4) is 0 Å². The van der Waals surface area contributed by atoms with Gasteiger partial charge in [0.2, 0.25) is 5.91 Å². The fourth-order valence-corrected chi connectivity index (χ4v) is 2.22. The number of carbonyl (C=O) groups is 1. The summed E-state index contributed by atoms with van der Waals surface area (Å²) in [6.07, 6.45) is 2.78. The van der Waals surface area contributed by atoms with Crippen LogP contribution in [0, 0.1) is 0 Å². The van der Waals surface area contributed by atoms with Crippen molar-refractivity contribution in [2.45, 2.75) is 39.2 Å². The number of rotatable bonds is 9. The molecule has 0 aromatic heterocycles. The van der Waals surface area contributed by atoms with Gasteiger partial charge in [0.05, 0.1) is 19.3 Å². The van der Waals surface area contributed by atoms with E-state index in [9.17, 15) is 4.79 Å². The molecule has 1 saturated heterocycles. The second-order valence-corrected chi connectivity index (χ2v) is 4.75. The number of nitrogens with one attached hydrogen (secondary N) is 1. The molecule has 0 spiro atoms. The van der Waals surface area contributed by atoms with Gasteiger partial charge in [-0.25, -0.2) is 0 Å². The molecule has 0 aromatic carbocycles. The van der Waals surface area contributed by atoms with Crippen LogP contribution in [0.15, 0.2) is 0 Å². The maximum Gasteiger partial charge on any atom is 0.223 e. The van der Waals surface area contributed by atoms with E-state index in [1.54, 1.807) is 0 Å². The fraction of sp³-hybridized carbons (Fsp3) is 0.929. The lowest BCUT2D eigenvalue weighted by atomic mass is 10.1. The number of hydrogen-bond donors (Lipinski definition) is 1. The third-order valence-electron chi connectivity index (χ3n) is 3.35. The van der Waals surface area contributed by atoms with Gasteiger partial charge < -0.3 is 19.7 Å². The molecule has 0 atom stereocenters. The number of ether oxygens (including phenoxy) is 2. The highest BCUT2D eigenvalue weighted by atomic mass is 16.5. The Morgan fingerprint density at radius 2 is 2.00 bits per heavy atom. The van der Waals surface area contributed by atoms with Gasteiger partial charge in [0.1, 0.15) is 0 Å². The Kier molecular flexibility index (Phi) is 8.79. The van der Waals surface area contributed by atoms with Crippen LogP contribution >= 0.6 is 0 Å². The molecule has 0 aliphatic carbocycles. The number of hydrogen-bond acceptors (Lipinski definition) is 4. The van der Waals surface area contributed by atoms with Gasteiger partial charge in [0, 0.05) is 32.7 Å². The predicted molar refractivity (Wildman–Crippen MR) is 75.2 cm³/mol. The predicted octanol–water partition coefficient (Wildman–Crippen LogP) is 1.03. The Bertz CT molecular complexity index is 241. The summed E-state index contributed by atoms with van der Waals surface area (Å²) in [4.78, 5) is 13.9. The molecular weight excluding hydrogens is 244 g/mol. The molecule has 0 saturated carbocycles. The largest absolute Gasteiger partial charge is 0.379 e. The van der Waals surface area contributed by atoms with E-state index in [0.29, 0.717) is 25.7 Å². The minimum Gasteiger partial charge on any atom is -0.379 e. The van der Waals surface area contributed by atoms with Crippen molar-refractivity contribution in [1.82, 2.24) is 10.2 Å². The smallest absolute Gasteiger partial charge is 0.223 e. The van der Waals surface area contributed by atoms with Gasteiger partial charge >= 0.3 is 0 Å².